The van der Waals surface area contributed by atoms with E-state index in [1.807, 2.05) is 29.2 Å². The lowest BCUT2D eigenvalue weighted by molar-refractivity contribution is -0.145. The average Bonchev–Trinajstić information content (AvgIpc) is 3.14. The lowest BCUT2D eigenvalue weighted by atomic mass is 9.85. The molecule has 27 heavy (non-hydrogen) atoms. The van der Waals surface area contributed by atoms with Crippen LogP contribution in [0, 0.1) is 0 Å². The standard InChI is InChI=1S/C22H25N3O2/c26-20(19-10-4-5-14-23-19)25-16-7-13-22(25)12-6-15-24(21(22)27)17-11-18-8-2-1-3-9-18/h1-5,8-10,14H,6-7,11-13,15-17H2. The van der Waals surface area contributed by atoms with Gasteiger partial charge in [0.2, 0.25) is 5.91 Å². The van der Waals surface area contributed by atoms with Gasteiger partial charge >= 0.3 is 0 Å². The number of carbonyl (C=O) groups is 2. The lowest BCUT2D eigenvalue weighted by Gasteiger charge is -2.44. The van der Waals surface area contributed by atoms with E-state index in [0.29, 0.717) is 18.8 Å². The molecule has 0 N–H and O–H groups in total. The summed E-state index contributed by atoms with van der Waals surface area (Å²) in [6.07, 6.45) is 5.80. The largest absolute Gasteiger partial charge is 0.340 e. The quantitative estimate of drug-likeness (QED) is 0.839. The van der Waals surface area contributed by atoms with Crippen molar-refractivity contribution in [2.75, 3.05) is 19.6 Å². The molecule has 1 unspecified atom stereocenters. The van der Waals surface area contributed by atoms with E-state index in [-0.39, 0.29) is 11.8 Å². The van der Waals surface area contributed by atoms with E-state index in [2.05, 4.69) is 17.1 Å². The molecule has 2 aliphatic heterocycles. The van der Waals surface area contributed by atoms with Crippen molar-refractivity contribution in [1.82, 2.24) is 14.8 Å². The zero-order valence-electron chi connectivity index (χ0n) is 15.5. The summed E-state index contributed by atoms with van der Waals surface area (Å²) in [5.41, 5.74) is 0.981. The molecule has 2 aromatic rings. The van der Waals surface area contributed by atoms with Crippen molar-refractivity contribution in [2.24, 2.45) is 0 Å². The summed E-state index contributed by atoms with van der Waals surface area (Å²) in [4.78, 5) is 34.4. The van der Waals surface area contributed by atoms with Crippen molar-refractivity contribution in [2.45, 2.75) is 37.6 Å². The summed E-state index contributed by atoms with van der Waals surface area (Å²) in [6, 6.07) is 15.6. The molecule has 140 valence electrons. The second-order valence-corrected chi connectivity index (χ2v) is 7.44. The molecule has 1 aromatic heterocycles. The van der Waals surface area contributed by atoms with Crippen LogP contribution in [0.2, 0.25) is 0 Å². The van der Waals surface area contributed by atoms with Gasteiger partial charge in [0.05, 0.1) is 0 Å². The maximum atomic E-state index is 13.4. The summed E-state index contributed by atoms with van der Waals surface area (Å²) >= 11 is 0. The van der Waals surface area contributed by atoms with Crippen molar-refractivity contribution in [1.29, 1.82) is 0 Å². The Labute approximate surface area is 160 Å². The first-order valence-electron chi connectivity index (χ1n) is 9.77. The van der Waals surface area contributed by atoms with Gasteiger partial charge in [-0.15, -0.1) is 0 Å². The molecule has 2 aliphatic rings. The van der Waals surface area contributed by atoms with E-state index in [9.17, 15) is 9.59 Å². The van der Waals surface area contributed by atoms with Crippen molar-refractivity contribution < 1.29 is 9.59 Å². The highest BCUT2D eigenvalue weighted by Gasteiger charge is 2.52. The molecule has 0 radical (unpaired) electrons. The molecule has 0 saturated carbocycles. The number of benzene rings is 1. The number of hydrogen-bond donors (Lipinski definition) is 0. The van der Waals surface area contributed by atoms with Gasteiger partial charge in [-0.2, -0.15) is 0 Å². The first-order valence-corrected chi connectivity index (χ1v) is 9.77. The summed E-state index contributed by atoms with van der Waals surface area (Å²) < 4.78 is 0. The fourth-order valence-electron chi connectivity index (χ4n) is 4.47. The van der Waals surface area contributed by atoms with Crippen LogP contribution < -0.4 is 0 Å². The van der Waals surface area contributed by atoms with Crippen molar-refractivity contribution in [3.05, 3.63) is 66.0 Å². The van der Waals surface area contributed by atoms with Crippen LogP contribution in [-0.4, -0.2) is 51.8 Å². The molecule has 2 fully saturated rings. The van der Waals surface area contributed by atoms with E-state index >= 15 is 0 Å². The Bertz CT molecular complexity index is 809. The monoisotopic (exact) mass is 363 g/mol. The third-order valence-electron chi connectivity index (χ3n) is 5.83. The Morgan fingerprint density at radius 1 is 1.00 bits per heavy atom. The van der Waals surface area contributed by atoms with Crippen LogP contribution in [0.5, 0.6) is 0 Å². The number of nitrogens with zero attached hydrogens (tertiary/aromatic N) is 3. The molecule has 3 heterocycles. The highest BCUT2D eigenvalue weighted by atomic mass is 16.2. The third kappa shape index (κ3) is 3.34. The molecule has 2 saturated heterocycles. The highest BCUT2D eigenvalue weighted by Crippen LogP contribution is 2.39. The first kappa shape index (κ1) is 17.7. The Morgan fingerprint density at radius 3 is 2.48 bits per heavy atom. The van der Waals surface area contributed by atoms with Gasteiger partial charge in [-0.3, -0.25) is 14.6 Å². The molecule has 1 aromatic carbocycles. The fourth-order valence-corrected chi connectivity index (χ4v) is 4.47. The normalized spacial score (nSPS) is 22.4. The maximum absolute atomic E-state index is 13.4. The second-order valence-electron chi connectivity index (χ2n) is 7.44. The number of hydrogen-bond acceptors (Lipinski definition) is 3. The molecule has 5 heteroatoms. The van der Waals surface area contributed by atoms with Gasteiger partial charge < -0.3 is 9.80 Å². The minimum atomic E-state index is -0.677. The summed E-state index contributed by atoms with van der Waals surface area (Å²) in [6.45, 7) is 2.11. The van der Waals surface area contributed by atoms with Crippen molar-refractivity contribution >= 4 is 11.8 Å². The minimum Gasteiger partial charge on any atom is -0.340 e. The zero-order chi connectivity index (χ0) is 18.7. The predicted octanol–water partition coefficient (Wildman–Crippen LogP) is 2.92. The van der Waals surface area contributed by atoms with Gasteiger partial charge in [-0.1, -0.05) is 36.4 Å². The molecular formula is C22H25N3O2. The number of rotatable bonds is 4. The molecule has 1 spiro atoms. The number of carbonyl (C=O) groups excluding carboxylic acids is 2. The first-order chi connectivity index (χ1) is 13.2. The predicted molar refractivity (Wildman–Crippen MR) is 103 cm³/mol. The lowest BCUT2D eigenvalue weighted by Crippen LogP contribution is -2.61. The Balaban J connectivity index is 1.52. The van der Waals surface area contributed by atoms with Gasteiger partial charge in [-0.05, 0) is 49.8 Å². The van der Waals surface area contributed by atoms with E-state index in [1.165, 1.54) is 5.56 Å². The summed E-state index contributed by atoms with van der Waals surface area (Å²) in [5.74, 6) is -0.00202. The fraction of sp³-hybridized carbons (Fsp3) is 0.409. The molecular weight excluding hydrogens is 338 g/mol. The number of piperidine rings is 1. The van der Waals surface area contributed by atoms with Gasteiger partial charge in [0.1, 0.15) is 11.2 Å². The third-order valence-corrected chi connectivity index (χ3v) is 5.83. The van der Waals surface area contributed by atoms with Crippen molar-refractivity contribution in [3.63, 3.8) is 0 Å². The molecule has 1 atom stereocenters. The molecule has 5 nitrogen and oxygen atoms in total. The van der Waals surface area contributed by atoms with Crippen molar-refractivity contribution in [3.8, 4) is 0 Å². The SMILES string of the molecule is O=C(c1ccccn1)N1CCCC12CCCN(CCc1ccccc1)C2=O. The van der Waals surface area contributed by atoms with Crippen LogP contribution >= 0.6 is 0 Å². The van der Waals surface area contributed by atoms with Gasteiger partial charge in [0.15, 0.2) is 0 Å². The molecule has 0 aliphatic carbocycles. The van der Waals surface area contributed by atoms with E-state index in [4.69, 9.17) is 0 Å². The maximum Gasteiger partial charge on any atom is 0.273 e. The average molecular weight is 363 g/mol. The number of amides is 2. The van der Waals surface area contributed by atoms with Crippen LogP contribution in [0.15, 0.2) is 54.7 Å². The Morgan fingerprint density at radius 2 is 1.74 bits per heavy atom. The smallest absolute Gasteiger partial charge is 0.273 e. The van der Waals surface area contributed by atoms with Gasteiger partial charge in [0, 0.05) is 25.8 Å². The van der Waals surface area contributed by atoms with Crippen LogP contribution in [0.25, 0.3) is 0 Å². The second kappa shape index (κ2) is 7.51. The number of aromatic nitrogens is 1. The van der Waals surface area contributed by atoms with E-state index < -0.39 is 5.54 Å². The summed E-state index contributed by atoms with van der Waals surface area (Å²) in [7, 11) is 0. The molecule has 0 bridgehead atoms. The topological polar surface area (TPSA) is 53.5 Å². The van der Waals surface area contributed by atoms with Crippen LogP contribution in [0.1, 0.15) is 41.7 Å². The number of likely N-dealkylation sites (tertiary alicyclic amines) is 2. The molecule has 4 rings (SSSR count). The minimum absolute atomic E-state index is 0.117. The molecule has 2 amide bonds. The highest BCUT2D eigenvalue weighted by molar-refractivity contribution is 5.98. The van der Waals surface area contributed by atoms with E-state index in [1.54, 1.807) is 23.2 Å². The van der Waals surface area contributed by atoms with Crippen LogP contribution in [-0.2, 0) is 11.2 Å². The number of pyridine rings is 1. The Kier molecular flexibility index (Phi) is 4.92. The zero-order valence-corrected chi connectivity index (χ0v) is 15.5. The van der Waals surface area contributed by atoms with Crippen LogP contribution in [0.3, 0.4) is 0 Å². The summed E-state index contributed by atoms with van der Waals surface area (Å²) in [5, 5.41) is 0. The van der Waals surface area contributed by atoms with E-state index in [0.717, 1.165) is 38.6 Å². The Hall–Kier alpha value is -2.69. The van der Waals surface area contributed by atoms with Crippen LogP contribution in [0.4, 0.5) is 0 Å². The van der Waals surface area contributed by atoms with Gasteiger partial charge in [-0.25, -0.2) is 0 Å². The van der Waals surface area contributed by atoms with Gasteiger partial charge in [0.25, 0.3) is 5.91 Å².